The Morgan fingerprint density at radius 3 is 2.67 bits per heavy atom. The van der Waals surface area contributed by atoms with Crippen molar-refractivity contribution in [3.63, 3.8) is 0 Å². The summed E-state index contributed by atoms with van der Waals surface area (Å²) in [5.41, 5.74) is 0. The molecule has 2 heteroatoms. The van der Waals surface area contributed by atoms with Crippen molar-refractivity contribution in [2.45, 2.75) is 26.2 Å². The minimum Gasteiger partial charge on any atom is -0.396 e. The van der Waals surface area contributed by atoms with E-state index in [0.717, 1.165) is 19.1 Å². The lowest BCUT2D eigenvalue weighted by Gasteiger charge is -2.04. The highest BCUT2D eigenvalue weighted by molar-refractivity contribution is 5.49. The first kappa shape index (κ1) is 8.63. The van der Waals surface area contributed by atoms with Crippen LogP contribution in [0.2, 0.25) is 0 Å². The van der Waals surface area contributed by atoms with Crippen LogP contribution in [-0.4, -0.2) is 18.0 Å². The molecule has 0 aliphatic rings. The predicted octanol–water partition coefficient (Wildman–Crippen LogP) is 0.984. The van der Waals surface area contributed by atoms with Gasteiger partial charge in [-0.15, -0.1) is 0 Å². The van der Waals surface area contributed by atoms with E-state index >= 15 is 0 Å². The van der Waals surface area contributed by atoms with Gasteiger partial charge in [0, 0.05) is 13.0 Å². The second-order valence-electron chi connectivity index (χ2n) is 2.36. The molecule has 0 rings (SSSR count). The molecule has 0 aromatic carbocycles. The fourth-order valence-electron chi connectivity index (χ4n) is 0.717. The topological polar surface area (TPSA) is 37.3 Å². The lowest BCUT2D eigenvalue weighted by atomic mass is 10.0. The Morgan fingerprint density at radius 1 is 1.56 bits per heavy atom. The van der Waals surface area contributed by atoms with E-state index < -0.39 is 0 Å². The van der Waals surface area contributed by atoms with E-state index in [2.05, 4.69) is 0 Å². The van der Waals surface area contributed by atoms with Crippen molar-refractivity contribution >= 4 is 6.29 Å². The largest absolute Gasteiger partial charge is 0.396 e. The van der Waals surface area contributed by atoms with Crippen molar-refractivity contribution < 1.29 is 9.90 Å². The first-order chi connectivity index (χ1) is 4.31. The summed E-state index contributed by atoms with van der Waals surface area (Å²) in [6.45, 7) is 2.28. The van der Waals surface area contributed by atoms with Gasteiger partial charge in [-0.2, -0.15) is 0 Å². The van der Waals surface area contributed by atoms with Crippen molar-refractivity contribution in [1.82, 2.24) is 0 Å². The maximum Gasteiger partial charge on any atom is 0.120 e. The maximum atomic E-state index is 9.85. The van der Waals surface area contributed by atoms with Crippen LogP contribution in [0.5, 0.6) is 0 Å². The number of aldehydes is 1. The molecule has 0 aromatic heterocycles. The van der Waals surface area contributed by atoms with E-state index in [9.17, 15) is 4.79 Å². The van der Waals surface area contributed by atoms with E-state index in [4.69, 9.17) is 5.11 Å². The lowest BCUT2D eigenvalue weighted by molar-refractivity contribution is -0.108. The molecule has 0 radical (unpaired) electrons. The Kier molecular flexibility index (Phi) is 5.52. The van der Waals surface area contributed by atoms with Crippen LogP contribution in [-0.2, 0) is 4.79 Å². The van der Waals surface area contributed by atoms with Crippen molar-refractivity contribution in [3.05, 3.63) is 0 Å². The quantitative estimate of drug-likeness (QED) is 0.563. The molecule has 0 amide bonds. The first-order valence-corrected chi connectivity index (χ1v) is 3.35. The van der Waals surface area contributed by atoms with E-state index in [1.54, 1.807) is 0 Å². The third kappa shape index (κ3) is 5.50. The molecular weight excluding hydrogens is 116 g/mol. The molecule has 0 spiro atoms. The van der Waals surface area contributed by atoms with Gasteiger partial charge in [0.1, 0.15) is 6.29 Å². The molecular formula is C7H14O2. The summed E-state index contributed by atoms with van der Waals surface area (Å²) in [5, 5.41) is 8.45. The Bertz CT molecular complexity index is 71.3. The lowest BCUT2D eigenvalue weighted by Crippen LogP contribution is -1.97. The fraction of sp³-hybridized carbons (Fsp3) is 0.857. The highest BCUT2D eigenvalue weighted by Crippen LogP contribution is 2.07. The standard InChI is InChI=1S/C7H14O2/c1-7(4-6-9)3-2-5-8/h5,7,9H,2-4,6H2,1H3/t7-/m1/s1. The van der Waals surface area contributed by atoms with Crippen LogP contribution < -0.4 is 0 Å². The van der Waals surface area contributed by atoms with Crippen molar-refractivity contribution in [3.8, 4) is 0 Å². The van der Waals surface area contributed by atoms with Gasteiger partial charge in [0.05, 0.1) is 0 Å². The average molecular weight is 130 g/mol. The van der Waals surface area contributed by atoms with Gasteiger partial charge < -0.3 is 9.90 Å². The van der Waals surface area contributed by atoms with Crippen LogP contribution in [0.15, 0.2) is 0 Å². The van der Waals surface area contributed by atoms with Crippen LogP contribution in [0.25, 0.3) is 0 Å². The summed E-state index contributed by atoms with van der Waals surface area (Å²) in [5.74, 6) is 0.486. The van der Waals surface area contributed by atoms with Crippen LogP contribution in [0.3, 0.4) is 0 Å². The zero-order valence-corrected chi connectivity index (χ0v) is 5.84. The Hall–Kier alpha value is -0.370. The number of carbonyl (C=O) groups excluding carboxylic acids is 1. The normalized spacial score (nSPS) is 13.1. The Labute approximate surface area is 55.9 Å². The van der Waals surface area contributed by atoms with Crippen molar-refractivity contribution in [1.29, 1.82) is 0 Å². The number of hydrogen-bond donors (Lipinski definition) is 1. The van der Waals surface area contributed by atoms with Crippen molar-refractivity contribution in [2.24, 2.45) is 5.92 Å². The van der Waals surface area contributed by atoms with Gasteiger partial charge in [0.15, 0.2) is 0 Å². The molecule has 0 unspecified atom stereocenters. The molecule has 0 aromatic rings. The highest BCUT2D eigenvalue weighted by atomic mass is 16.3. The SMILES string of the molecule is C[C@@H](CCO)CCC=O. The molecule has 1 atom stereocenters. The van der Waals surface area contributed by atoms with Crippen LogP contribution >= 0.6 is 0 Å². The van der Waals surface area contributed by atoms with Gasteiger partial charge in [-0.25, -0.2) is 0 Å². The number of carbonyl (C=O) groups is 1. The van der Waals surface area contributed by atoms with Crippen LogP contribution in [0, 0.1) is 5.92 Å². The van der Waals surface area contributed by atoms with Gasteiger partial charge in [-0.05, 0) is 18.8 Å². The molecule has 0 fully saturated rings. The molecule has 0 saturated heterocycles. The van der Waals surface area contributed by atoms with Gasteiger partial charge in [0.2, 0.25) is 0 Å². The van der Waals surface area contributed by atoms with E-state index in [1.165, 1.54) is 0 Å². The summed E-state index contributed by atoms with van der Waals surface area (Å²) < 4.78 is 0. The van der Waals surface area contributed by atoms with Gasteiger partial charge in [-0.1, -0.05) is 6.92 Å². The summed E-state index contributed by atoms with van der Waals surface area (Å²) in [6, 6.07) is 0. The second-order valence-corrected chi connectivity index (χ2v) is 2.36. The van der Waals surface area contributed by atoms with Gasteiger partial charge in [-0.3, -0.25) is 0 Å². The molecule has 54 valence electrons. The minimum atomic E-state index is 0.236. The number of aliphatic hydroxyl groups excluding tert-OH is 1. The van der Waals surface area contributed by atoms with E-state index in [0.29, 0.717) is 12.3 Å². The number of hydrogen-bond acceptors (Lipinski definition) is 2. The second kappa shape index (κ2) is 5.76. The summed E-state index contributed by atoms with van der Waals surface area (Å²) >= 11 is 0. The monoisotopic (exact) mass is 130 g/mol. The van der Waals surface area contributed by atoms with Crippen LogP contribution in [0.1, 0.15) is 26.2 Å². The maximum absolute atomic E-state index is 9.85. The van der Waals surface area contributed by atoms with Crippen LogP contribution in [0.4, 0.5) is 0 Å². The summed E-state index contributed by atoms with van der Waals surface area (Å²) in [6.07, 6.45) is 3.27. The molecule has 0 aliphatic heterocycles. The Balaban J connectivity index is 3.04. The van der Waals surface area contributed by atoms with E-state index in [1.807, 2.05) is 6.92 Å². The summed E-state index contributed by atoms with van der Waals surface area (Å²) in [4.78, 5) is 9.85. The molecule has 2 nitrogen and oxygen atoms in total. The van der Waals surface area contributed by atoms with Crippen molar-refractivity contribution in [2.75, 3.05) is 6.61 Å². The zero-order valence-electron chi connectivity index (χ0n) is 5.84. The predicted molar refractivity (Wildman–Crippen MR) is 36.2 cm³/mol. The Morgan fingerprint density at radius 2 is 2.22 bits per heavy atom. The molecule has 0 saturated carbocycles. The third-order valence-corrected chi connectivity index (χ3v) is 1.40. The molecule has 0 heterocycles. The minimum absolute atomic E-state index is 0.236. The third-order valence-electron chi connectivity index (χ3n) is 1.40. The first-order valence-electron chi connectivity index (χ1n) is 3.35. The average Bonchev–Trinajstić information content (AvgIpc) is 1.85. The van der Waals surface area contributed by atoms with Gasteiger partial charge >= 0.3 is 0 Å². The molecule has 1 N–H and O–H groups in total. The number of aliphatic hydroxyl groups is 1. The molecule has 9 heavy (non-hydrogen) atoms. The molecule has 0 bridgehead atoms. The smallest absolute Gasteiger partial charge is 0.120 e. The zero-order chi connectivity index (χ0) is 7.11. The number of rotatable bonds is 5. The van der Waals surface area contributed by atoms with Gasteiger partial charge in [0.25, 0.3) is 0 Å². The fourth-order valence-corrected chi connectivity index (χ4v) is 0.717. The summed E-state index contributed by atoms with van der Waals surface area (Å²) in [7, 11) is 0. The highest BCUT2D eigenvalue weighted by Gasteiger charge is 1.98. The van der Waals surface area contributed by atoms with E-state index in [-0.39, 0.29) is 6.61 Å². The molecule has 0 aliphatic carbocycles.